The van der Waals surface area contributed by atoms with Gasteiger partial charge in [0.25, 0.3) is 5.92 Å². The van der Waals surface area contributed by atoms with E-state index in [-0.39, 0.29) is 25.0 Å². The highest BCUT2D eigenvalue weighted by Gasteiger charge is 2.53. The van der Waals surface area contributed by atoms with Gasteiger partial charge in [-0.15, -0.1) is 21.5 Å². The number of nitrogens with one attached hydrogen (secondary N) is 2. The Hall–Kier alpha value is -2.98. The minimum absolute atomic E-state index is 0.123. The van der Waals surface area contributed by atoms with E-state index in [1.54, 1.807) is 23.6 Å². The van der Waals surface area contributed by atoms with Gasteiger partial charge in [0.05, 0.1) is 33.7 Å². The van der Waals surface area contributed by atoms with Gasteiger partial charge in [-0.3, -0.25) is 5.10 Å². The summed E-state index contributed by atoms with van der Waals surface area (Å²) in [5.41, 5.74) is 6.31. The van der Waals surface area contributed by atoms with E-state index in [1.807, 2.05) is 29.9 Å². The lowest BCUT2D eigenvalue weighted by Crippen LogP contribution is -2.46. The molecule has 2 aliphatic heterocycles. The van der Waals surface area contributed by atoms with Gasteiger partial charge in [-0.2, -0.15) is 5.10 Å². The molecule has 2 fully saturated rings. The van der Waals surface area contributed by atoms with Crippen molar-refractivity contribution in [3.63, 3.8) is 0 Å². The Balaban J connectivity index is 1.24. The topological polar surface area (TPSA) is 88.6 Å². The van der Waals surface area contributed by atoms with E-state index >= 15 is 0 Å². The molecule has 0 radical (unpaired) electrons. The lowest BCUT2D eigenvalue weighted by molar-refractivity contribution is -0.0195. The largest absolute Gasteiger partial charge is 0.473 e. The van der Waals surface area contributed by atoms with Gasteiger partial charge in [-0.25, -0.2) is 13.8 Å². The number of piperidine rings is 1. The molecule has 3 unspecified atom stereocenters. The standard InChI is InChI=1S/C21H18F2N6OS/c22-21(23)7-12-5-13(6-17(21)27-12)30-18-4-3-16(28-29-18)15-2-1-14(11-8-25-26-9-11)19-20(15)31-10-24-19/h1-4,8-10,12-13,17,27H,5-7H2,(H,25,26). The fourth-order valence-electron chi connectivity index (χ4n) is 4.58. The van der Waals surface area contributed by atoms with Crippen molar-refractivity contribution in [3.8, 4) is 28.3 Å². The second kappa shape index (κ2) is 7.03. The number of benzene rings is 1. The van der Waals surface area contributed by atoms with Crippen LogP contribution in [0.15, 0.2) is 42.2 Å². The van der Waals surface area contributed by atoms with Gasteiger partial charge >= 0.3 is 0 Å². The van der Waals surface area contributed by atoms with Gasteiger partial charge in [-0.05, 0) is 12.5 Å². The summed E-state index contributed by atoms with van der Waals surface area (Å²) in [6.45, 7) is 0. The Morgan fingerprint density at radius 2 is 2.00 bits per heavy atom. The molecular weight excluding hydrogens is 422 g/mol. The summed E-state index contributed by atoms with van der Waals surface area (Å²) in [6.07, 6.45) is 4.01. The third-order valence-electron chi connectivity index (χ3n) is 6.01. The number of hydrogen-bond acceptors (Lipinski definition) is 7. The van der Waals surface area contributed by atoms with E-state index in [4.69, 9.17) is 4.74 Å². The number of alkyl halides is 2. The van der Waals surface area contributed by atoms with Crippen molar-refractivity contribution in [2.75, 3.05) is 0 Å². The van der Waals surface area contributed by atoms with Crippen LogP contribution in [0.2, 0.25) is 0 Å². The van der Waals surface area contributed by atoms with Gasteiger partial charge < -0.3 is 10.1 Å². The zero-order valence-electron chi connectivity index (χ0n) is 16.3. The normalized spacial score (nSPS) is 24.5. The number of H-pyrrole nitrogens is 1. The molecule has 6 rings (SSSR count). The van der Waals surface area contributed by atoms with Crippen LogP contribution in [0.1, 0.15) is 19.3 Å². The van der Waals surface area contributed by atoms with Crippen LogP contribution < -0.4 is 10.1 Å². The summed E-state index contributed by atoms with van der Waals surface area (Å²) in [7, 11) is 0. The number of fused-ring (bicyclic) bond motifs is 3. The number of halogens is 2. The van der Waals surface area contributed by atoms with Crippen molar-refractivity contribution in [2.45, 2.75) is 43.4 Å². The van der Waals surface area contributed by atoms with Gasteiger partial charge in [0.15, 0.2) is 0 Å². The van der Waals surface area contributed by atoms with E-state index in [2.05, 4.69) is 30.7 Å². The summed E-state index contributed by atoms with van der Waals surface area (Å²) in [5.74, 6) is -2.31. The summed E-state index contributed by atoms with van der Waals surface area (Å²) in [5, 5.41) is 18.4. The molecule has 0 aliphatic carbocycles. The average Bonchev–Trinajstić information content (AvgIpc) is 3.49. The molecule has 2 N–H and O–H groups in total. The lowest BCUT2D eigenvalue weighted by Gasteiger charge is -2.29. The molecule has 2 saturated heterocycles. The number of aromatic nitrogens is 5. The highest BCUT2D eigenvalue weighted by Crippen LogP contribution is 2.40. The Kier molecular flexibility index (Phi) is 4.25. The van der Waals surface area contributed by atoms with Crippen molar-refractivity contribution < 1.29 is 13.5 Å². The van der Waals surface area contributed by atoms with Crippen molar-refractivity contribution in [1.29, 1.82) is 0 Å². The number of thiazole rings is 1. The molecule has 10 heteroatoms. The Morgan fingerprint density at radius 3 is 2.77 bits per heavy atom. The SMILES string of the molecule is FC1(F)CC2CC(Oc3ccc(-c4ccc(-c5cn[nH]c5)c5ncsc45)nn3)CC1N2. The molecule has 7 nitrogen and oxygen atoms in total. The molecule has 3 atom stereocenters. The smallest absolute Gasteiger partial charge is 0.264 e. The van der Waals surface area contributed by atoms with Crippen LogP contribution >= 0.6 is 11.3 Å². The van der Waals surface area contributed by atoms with E-state index < -0.39 is 12.0 Å². The molecule has 0 amide bonds. The predicted octanol–water partition coefficient (Wildman–Crippen LogP) is 4.05. The summed E-state index contributed by atoms with van der Waals surface area (Å²) in [4.78, 5) is 4.52. The molecular formula is C21H18F2N6OS. The number of nitrogens with zero attached hydrogens (tertiary/aromatic N) is 4. The van der Waals surface area contributed by atoms with Gasteiger partial charge in [-0.1, -0.05) is 12.1 Å². The van der Waals surface area contributed by atoms with Crippen molar-refractivity contribution >= 4 is 21.6 Å². The number of ether oxygens (including phenoxy) is 1. The lowest BCUT2D eigenvalue weighted by atomic mass is 10.0. The minimum Gasteiger partial charge on any atom is -0.473 e. The molecule has 2 aliphatic rings. The minimum atomic E-state index is -2.67. The van der Waals surface area contributed by atoms with Crippen molar-refractivity contribution in [3.05, 3.63) is 42.2 Å². The second-order valence-electron chi connectivity index (χ2n) is 8.03. The maximum absolute atomic E-state index is 13.9. The Bertz CT molecular complexity index is 1230. The highest BCUT2D eigenvalue weighted by atomic mass is 32.1. The van der Waals surface area contributed by atoms with Crippen LogP contribution in [0.4, 0.5) is 8.78 Å². The first-order chi connectivity index (χ1) is 15.1. The maximum Gasteiger partial charge on any atom is 0.264 e. The number of hydrogen-bond donors (Lipinski definition) is 2. The van der Waals surface area contributed by atoms with E-state index in [9.17, 15) is 8.78 Å². The number of rotatable bonds is 4. The molecule has 5 heterocycles. The average molecular weight is 440 g/mol. The quantitative estimate of drug-likeness (QED) is 0.498. The second-order valence-corrected chi connectivity index (χ2v) is 8.88. The summed E-state index contributed by atoms with van der Waals surface area (Å²) in [6, 6.07) is 6.57. The Labute approximate surface area is 179 Å². The zero-order valence-corrected chi connectivity index (χ0v) is 17.1. The van der Waals surface area contributed by atoms with Crippen LogP contribution in [0.3, 0.4) is 0 Å². The molecule has 4 aromatic rings. The van der Waals surface area contributed by atoms with E-state index in [1.165, 1.54) is 0 Å². The summed E-state index contributed by atoms with van der Waals surface area (Å²) >= 11 is 1.54. The molecule has 31 heavy (non-hydrogen) atoms. The van der Waals surface area contributed by atoms with Crippen LogP contribution in [0.5, 0.6) is 5.88 Å². The first-order valence-corrected chi connectivity index (χ1v) is 10.9. The van der Waals surface area contributed by atoms with Gasteiger partial charge in [0.1, 0.15) is 6.10 Å². The van der Waals surface area contributed by atoms with Crippen LogP contribution in [0, 0.1) is 0 Å². The third-order valence-corrected chi connectivity index (χ3v) is 6.87. The molecule has 0 spiro atoms. The fraction of sp³-hybridized carbons (Fsp3) is 0.333. The van der Waals surface area contributed by atoms with Gasteiger partial charge in [0.2, 0.25) is 5.88 Å². The molecule has 1 aromatic carbocycles. The molecule has 2 bridgehead atoms. The van der Waals surface area contributed by atoms with Crippen molar-refractivity contribution in [2.24, 2.45) is 0 Å². The molecule has 158 valence electrons. The van der Waals surface area contributed by atoms with Crippen LogP contribution in [0.25, 0.3) is 32.6 Å². The third kappa shape index (κ3) is 3.26. The first-order valence-electron chi connectivity index (χ1n) is 10.1. The van der Waals surface area contributed by atoms with Gasteiger partial charge in [0, 0.05) is 47.8 Å². The number of aromatic amines is 1. The highest BCUT2D eigenvalue weighted by molar-refractivity contribution is 7.17. The predicted molar refractivity (Wildman–Crippen MR) is 112 cm³/mol. The van der Waals surface area contributed by atoms with Crippen LogP contribution in [-0.4, -0.2) is 49.5 Å². The van der Waals surface area contributed by atoms with E-state index in [0.29, 0.717) is 18.0 Å². The fourth-order valence-corrected chi connectivity index (χ4v) is 5.42. The van der Waals surface area contributed by atoms with E-state index in [0.717, 1.165) is 26.9 Å². The first kappa shape index (κ1) is 18.8. The maximum atomic E-state index is 13.9. The van der Waals surface area contributed by atoms with Crippen molar-refractivity contribution in [1.82, 2.24) is 30.7 Å². The molecule has 0 saturated carbocycles. The Morgan fingerprint density at radius 1 is 1.10 bits per heavy atom. The monoisotopic (exact) mass is 440 g/mol. The van der Waals surface area contributed by atoms with Crippen LogP contribution in [-0.2, 0) is 0 Å². The zero-order chi connectivity index (χ0) is 21.0. The molecule has 3 aromatic heterocycles. The summed E-state index contributed by atoms with van der Waals surface area (Å²) < 4.78 is 34.7.